The highest BCUT2D eigenvalue weighted by Crippen LogP contribution is 2.17. The van der Waals surface area contributed by atoms with Crippen molar-refractivity contribution in [2.24, 2.45) is 7.05 Å². The number of benzene rings is 1. The second kappa shape index (κ2) is 4.72. The summed E-state index contributed by atoms with van der Waals surface area (Å²) in [6, 6.07) is 14.1. The third-order valence-corrected chi connectivity index (χ3v) is 3.16. The standard InChI is InChI=1S/C15H16N4/c1-11-6-5-7-12(17-11)10-16-15-18-13-8-3-4-9-14(13)19(15)2/h3-9H,10H2,1-2H3,(H,16,18). The van der Waals surface area contributed by atoms with Crippen LogP contribution in [0.15, 0.2) is 42.5 Å². The highest BCUT2D eigenvalue weighted by Gasteiger charge is 2.06. The topological polar surface area (TPSA) is 42.7 Å². The summed E-state index contributed by atoms with van der Waals surface area (Å²) in [4.78, 5) is 9.05. The van der Waals surface area contributed by atoms with E-state index in [2.05, 4.69) is 25.9 Å². The first-order chi connectivity index (χ1) is 9.24. The molecule has 3 aromatic rings. The van der Waals surface area contributed by atoms with E-state index < -0.39 is 0 Å². The molecule has 4 nitrogen and oxygen atoms in total. The molecule has 0 fully saturated rings. The minimum absolute atomic E-state index is 0.679. The van der Waals surface area contributed by atoms with Gasteiger partial charge in [-0.1, -0.05) is 18.2 Å². The van der Waals surface area contributed by atoms with Crippen molar-refractivity contribution in [2.75, 3.05) is 5.32 Å². The van der Waals surface area contributed by atoms with E-state index in [1.807, 2.05) is 50.4 Å². The molecule has 0 saturated carbocycles. The quantitative estimate of drug-likeness (QED) is 0.779. The van der Waals surface area contributed by atoms with Gasteiger partial charge in [-0.05, 0) is 31.2 Å². The predicted molar refractivity (Wildman–Crippen MR) is 77.0 cm³/mol. The van der Waals surface area contributed by atoms with Crippen molar-refractivity contribution in [3.63, 3.8) is 0 Å². The van der Waals surface area contributed by atoms with Crippen molar-refractivity contribution >= 4 is 17.0 Å². The van der Waals surface area contributed by atoms with E-state index in [-0.39, 0.29) is 0 Å². The molecule has 0 amide bonds. The molecule has 0 bridgehead atoms. The molecule has 3 rings (SSSR count). The van der Waals surface area contributed by atoms with Crippen molar-refractivity contribution in [3.8, 4) is 0 Å². The Bertz CT molecular complexity index is 715. The lowest BCUT2D eigenvalue weighted by Gasteiger charge is -2.06. The fraction of sp³-hybridized carbons (Fsp3) is 0.200. The zero-order chi connectivity index (χ0) is 13.2. The Morgan fingerprint density at radius 3 is 2.68 bits per heavy atom. The van der Waals surface area contributed by atoms with Crippen LogP contribution in [0.25, 0.3) is 11.0 Å². The number of nitrogens with zero attached hydrogens (tertiary/aromatic N) is 3. The Hall–Kier alpha value is -2.36. The number of hydrogen-bond donors (Lipinski definition) is 1. The van der Waals surface area contributed by atoms with E-state index in [1.165, 1.54) is 0 Å². The number of fused-ring (bicyclic) bond motifs is 1. The van der Waals surface area contributed by atoms with Crippen LogP contribution in [-0.4, -0.2) is 14.5 Å². The van der Waals surface area contributed by atoms with Crippen LogP contribution in [0.3, 0.4) is 0 Å². The molecule has 0 radical (unpaired) electrons. The summed E-state index contributed by atoms with van der Waals surface area (Å²) in [5.41, 5.74) is 4.18. The normalized spacial score (nSPS) is 10.8. The first-order valence-electron chi connectivity index (χ1n) is 6.32. The van der Waals surface area contributed by atoms with Gasteiger partial charge in [0.05, 0.1) is 23.3 Å². The van der Waals surface area contributed by atoms with Gasteiger partial charge in [0.1, 0.15) is 0 Å². The van der Waals surface area contributed by atoms with Gasteiger partial charge in [0.15, 0.2) is 0 Å². The number of pyridine rings is 1. The van der Waals surface area contributed by atoms with Gasteiger partial charge in [-0.2, -0.15) is 0 Å². The summed E-state index contributed by atoms with van der Waals surface area (Å²) >= 11 is 0. The van der Waals surface area contributed by atoms with Crippen LogP contribution in [0.5, 0.6) is 0 Å². The van der Waals surface area contributed by atoms with Crippen molar-refractivity contribution < 1.29 is 0 Å². The Labute approximate surface area is 112 Å². The van der Waals surface area contributed by atoms with Crippen molar-refractivity contribution in [2.45, 2.75) is 13.5 Å². The lowest BCUT2D eigenvalue weighted by Crippen LogP contribution is -2.06. The lowest BCUT2D eigenvalue weighted by molar-refractivity contribution is 0.912. The van der Waals surface area contributed by atoms with Gasteiger partial charge in [-0.25, -0.2) is 4.98 Å². The maximum Gasteiger partial charge on any atom is 0.203 e. The SMILES string of the molecule is Cc1cccc(CNc2nc3ccccc3n2C)n1. The molecule has 1 N–H and O–H groups in total. The molecule has 19 heavy (non-hydrogen) atoms. The molecule has 0 aliphatic rings. The smallest absolute Gasteiger partial charge is 0.203 e. The van der Waals surface area contributed by atoms with Gasteiger partial charge in [-0.15, -0.1) is 0 Å². The monoisotopic (exact) mass is 252 g/mol. The average Bonchev–Trinajstić information content (AvgIpc) is 2.74. The Kier molecular flexibility index (Phi) is 2.91. The fourth-order valence-electron chi connectivity index (χ4n) is 2.17. The van der Waals surface area contributed by atoms with E-state index in [0.717, 1.165) is 28.4 Å². The highest BCUT2D eigenvalue weighted by atomic mass is 15.2. The number of rotatable bonds is 3. The Balaban J connectivity index is 1.84. The summed E-state index contributed by atoms with van der Waals surface area (Å²) < 4.78 is 2.06. The first kappa shape index (κ1) is 11.7. The highest BCUT2D eigenvalue weighted by molar-refractivity contribution is 5.78. The second-order valence-electron chi connectivity index (χ2n) is 4.61. The molecule has 1 aromatic carbocycles. The van der Waals surface area contributed by atoms with Gasteiger partial charge in [0, 0.05) is 12.7 Å². The number of anilines is 1. The number of nitrogens with one attached hydrogen (secondary N) is 1. The summed E-state index contributed by atoms with van der Waals surface area (Å²) in [6.07, 6.45) is 0. The van der Waals surface area contributed by atoms with E-state index in [9.17, 15) is 0 Å². The van der Waals surface area contributed by atoms with E-state index in [4.69, 9.17) is 0 Å². The largest absolute Gasteiger partial charge is 0.350 e. The summed E-state index contributed by atoms with van der Waals surface area (Å²) in [6.45, 7) is 2.68. The van der Waals surface area contributed by atoms with Crippen LogP contribution in [-0.2, 0) is 13.6 Å². The third kappa shape index (κ3) is 2.29. The van der Waals surface area contributed by atoms with Crippen LogP contribution in [0, 0.1) is 6.92 Å². The van der Waals surface area contributed by atoms with Crippen LogP contribution in [0.1, 0.15) is 11.4 Å². The fourth-order valence-corrected chi connectivity index (χ4v) is 2.17. The third-order valence-electron chi connectivity index (χ3n) is 3.16. The van der Waals surface area contributed by atoms with Gasteiger partial charge in [0.25, 0.3) is 0 Å². The van der Waals surface area contributed by atoms with Gasteiger partial charge < -0.3 is 9.88 Å². The summed E-state index contributed by atoms with van der Waals surface area (Å²) in [5, 5.41) is 3.34. The molecule has 96 valence electrons. The van der Waals surface area contributed by atoms with E-state index >= 15 is 0 Å². The van der Waals surface area contributed by atoms with Gasteiger partial charge in [0.2, 0.25) is 5.95 Å². The van der Waals surface area contributed by atoms with Gasteiger partial charge in [-0.3, -0.25) is 4.98 Å². The maximum absolute atomic E-state index is 4.57. The molecule has 0 aliphatic heterocycles. The average molecular weight is 252 g/mol. The minimum Gasteiger partial charge on any atom is -0.350 e. The van der Waals surface area contributed by atoms with E-state index in [0.29, 0.717) is 6.54 Å². The van der Waals surface area contributed by atoms with Crippen molar-refractivity contribution in [1.29, 1.82) is 0 Å². The summed E-state index contributed by atoms with van der Waals surface area (Å²) in [5.74, 6) is 0.865. The molecule has 0 unspecified atom stereocenters. The number of imidazole rings is 1. The number of para-hydroxylation sites is 2. The lowest BCUT2D eigenvalue weighted by atomic mass is 10.3. The molecule has 2 heterocycles. The first-order valence-corrected chi connectivity index (χ1v) is 6.32. The Morgan fingerprint density at radius 1 is 1.05 bits per heavy atom. The molecule has 0 spiro atoms. The second-order valence-corrected chi connectivity index (χ2v) is 4.61. The molecule has 0 aliphatic carbocycles. The number of hydrogen-bond acceptors (Lipinski definition) is 3. The van der Waals surface area contributed by atoms with Crippen LogP contribution in [0.2, 0.25) is 0 Å². The molecular weight excluding hydrogens is 236 g/mol. The van der Waals surface area contributed by atoms with Crippen molar-refractivity contribution in [1.82, 2.24) is 14.5 Å². The minimum atomic E-state index is 0.679. The number of aryl methyl sites for hydroxylation is 2. The summed E-state index contributed by atoms with van der Waals surface area (Å²) in [7, 11) is 2.02. The molecule has 4 heteroatoms. The van der Waals surface area contributed by atoms with E-state index in [1.54, 1.807) is 0 Å². The molecule has 0 saturated heterocycles. The van der Waals surface area contributed by atoms with Crippen LogP contribution >= 0.6 is 0 Å². The predicted octanol–water partition coefficient (Wildman–Crippen LogP) is 2.89. The number of aromatic nitrogens is 3. The zero-order valence-electron chi connectivity index (χ0n) is 11.1. The van der Waals surface area contributed by atoms with Gasteiger partial charge >= 0.3 is 0 Å². The Morgan fingerprint density at radius 2 is 1.89 bits per heavy atom. The molecular formula is C15H16N4. The molecule has 0 atom stereocenters. The molecule has 2 aromatic heterocycles. The maximum atomic E-state index is 4.57. The zero-order valence-corrected chi connectivity index (χ0v) is 11.1. The van der Waals surface area contributed by atoms with Crippen molar-refractivity contribution in [3.05, 3.63) is 53.9 Å². The van der Waals surface area contributed by atoms with Crippen LogP contribution in [0.4, 0.5) is 5.95 Å². The van der Waals surface area contributed by atoms with Crippen LogP contribution < -0.4 is 5.32 Å².